The topological polar surface area (TPSA) is 94.6 Å². The van der Waals surface area contributed by atoms with E-state index in [1.807, 2.05) is 0 Å². The van der Waals surface area contributed by atoms with Crippen molar-refractivity contribution >= 4 is 12.4 Å². The third kappa shape index (κ3) is 14.2. The molecule has 3 amide bonds. The van der Waals surface area contributed by atoms with Gasteiger partial charge in [0.25, 0.3) is 0 Å². The Morgan fingerprint density at radius 1 is 1.23 bits per heavy atom. The van der Waals surface area contributed by atoms with E-state index in [0.717, 1.165) is 5.56 Å². The lowest BCUT2D eigenvalue weighted by atomic mass is 10.3. The molecule has 0 bridgehead atoms. The molecule has 7 nitrogen and oxygen atoms in total. The van der Waals surface area contributed by atoms with Gasteiger partial charge >= 0.3 is 6.03 Å². The van der Waals surface area contributed by atoms with Crippen LogP contribution < -0.4 is 10.6 Å². The highest BCUT2D eigenvalue weighted by molar-refractivity contribution is 5.74. The number of hydroxylamine groups is 2. The molecular weight excluding hydrogens is 332 g/mol. The fraction of sp³-hybridized carbons (Fsp3) is 0.632. The van der Waals surface area contributed by atoms with Gasteiger partial charge in [0.2, 0.25) is 6.41 Å². The number of nitrogens with one attached hydrogen (secondary N) is 2. The maximum atomic E-state index is 11.5. The third-order valence-corrected chi connectivity index (χ3v) is 3.41. The van der Waals surface area contributed by atoms with Crippen LogP contribution in [0, 0.1) is 0 Å². The Hall–Kier alpha value is -2.15. The molecule has 0 aromatic carbocycles. The fourth-order valence-electron chi connectivity index (χ4n) is 2.21. The minimum absolute atomic E-state index is 0.0339. The highest BCUT2D eigenvalue weighted by atomic mass is 16.5. The molecule has 1 atom stereocenters. The quantitative estimate of drug-likeness (QED) is 0.408. The van der Waals surface area contributed by atoms with Crippen LogP contribution in [0.4, 0.5) is 4.79 Å². The monoisotopic (exact) mass is 366 g/mol. The zero-order chi connectivity index (χ0) is 19.6. The maximum absolute atomic E-state index is 11.5. The molecule has 1 saturated carbocycles. The summed E-state index contributed by atoms with van der Waals surface area (Å²) in [6, 6.07) is 2.88. The maximum Gasteiger partial charge on any atom is 0.315 e. The summed E-state index contributed by atoms with van der Waals surface area (Å²) in [7, 11) is 0. The molecule has 0 radical (unpaired) electrons. The molecule has 1 unspecified atom stereocenters. The molecule has 1 fully saturated rings. The van der Waals surface area contributed by atoms with Crippen molar-refractivity contribution in [1.82, 2.24) is 20.7 Å². The van der Waals surface area contributed by atoms with Crippen LogP contribution in [0.2, 0.25) is 0 Å². The molecule has 0 aliphatic heterocycles. The molecule has 3 N–H and O–H groups in total. The highest BCUT2D eigenvalue weighted by Crippen LogP contribution is 2.15. The minimum Gasteiger partial charge on any atom is -0.334 e. The second-order valence-electron chi connectivity index (χ2n) is 6.29. The minimum atomic E-state index is -0.362. The second-order valence-corrected chi connectivity index (χ2v) is 6.29. The van der Waals surface area contributed by atoms with Crippen molar-refractivity contribution in [2.24, 2.45) is 0 Å². The molecular formula is C19H34N4O3. The third-order valence-electron chi connectivity index (χ3n) is 3.41. The van der Waals surface area contributed by atoms with Gasteiger partial charge < -0.3 is 10.6 Å². The summed E-state index contributed by atoms with van der Waals surface area (Å²) in [4.78, 5) is 25.5. The first kappa shape index (κ1) is 23.9. The Kier molecular flexibility index (Phi) is 15.0. The summed E-state index contributed by atoms with van der Waals surface area (Å²) in [5.74, 6) is 0. The zero-order valence-corrected chi connectivity index (χ0v) is 16.3. The van der Waals surface area contributed by atoms with E-state index < -0.39 is 0 Å². The molecule has 26 heavy (non-hydrogen) atoms. The van der Waals surface area contributed by atoms with Crippen molar-refractivity contribution in [2.75, 3.05) is 6.54 Å². The van der Waals surface area contributed by atoms with E-state index in [1.165, 1.54) is 38.5 Å². The molecule has 7 heteroatoms. The van der Waals surface area contributed by atoms with Gasteiger partial charge in [-0.15, -0.1) is 0 Å². The van der Waals surface area contributed by atoms with Crippen molar-refractivity contribution in [3.05, 3.63) is 30.1 Å². The van der Waals surface area contributed by atoms with Gasteiger partial charge in [-0.2, -0.15) is 0 Å². The van der Waals surface area contributed by atoms with Gasteiger partial charge in [0, 0.05) is 25.0 Å². The first-order valence-corrected chi connectivity index (χ1v) is 9.37. The van der Waals surface area contributed by atoms with Crippen LogP contribution >= 0.6 is 0 Å². The van der Waals surface area contributed by atoms with Gasteiger partial charge in [-0.05, 0) is 24.6 Å². The number of urea groups is 1. The summed E-state index contributed by atoms with van der Waals surface area (Å²) < 4.78 is 0. The fourth-order valence-corrected chi connectivity index (χ4v) is 2.21. The van der Waals surface area contributed by atoms with E-state index >= 15 is 0 Å². The van der Waals surface area contributed by atoms with Crippen LogP contribution in [0.5, 0.6) is 0 Å². The molecule has 1 aromatic rings. The largest absolute Gasteiger partial charge is 0.334 e. The van der Waals surface area contributed by atoms with Crippen LogP contribution in [0.25, 0.3) is 0 Å². The Bertz CT molecular complexity index is 460. The number of amides is 3. The van der Waals surface area contributed by atoms with Gasteiger partial charge in [-0.3, -0.25) is 15.0 Å². The smallest absolute Gasteiger partial charge is 0.315 e. The average molecular weight is 367 g/mol. The first-order valence-electron chi connectivity index (χ1n) is 9.37. The van der Waals surface area contributed by atoms with Crippen LogP contribution in [0.1, 0.15) is 64.9 Å². The number of hydrogen-bond acceptors (Lipinski definition) is 4. The molecule has 1 aliphatic rings. The number of hydrogen-bond donors (Lipinski definition) is 3. The van der Waals surface area contributed by atoms with Crippen molar-refractivity contribution in [1.29, 1.82) is 0 Å². The lowest BCUT2D eigenvalue weighted by Gasteiger charge is -2.17. The molecule has 1 aromatic heterocycles. The normalized spacial score (nSPS) is 13.2. The Balaban J connectivity index is 0.000000644. The van der Waals surface area contributed by atoms with Crippen LogP contribution in [-0.2, 0) is 11.3 Å². The SMILES string of the molecule is C1CCCC1.CC(CN(O)C=O)NC(=O)NCc1ccncc1.CCC. The molecule has 1 aliphatic carbocycles. The first-order chi connectivity index (χ1) is 12.5. The predicted molar refractivity (Wildman–Crippen MR) is 103 cm³/mol. The lowest BCUT2D eigenvalue weighted by molar-refractivity contribution is -0.150. The lowest BCUT2D eigenvalue weighted by Crippen LogP contribution is -2.45. The Morgan fingerprint density at radius 3 is 2.19 bits per heavy atom. The molecule has 1 heterocycles. The van der Waals surface area contributed by atoms with Gasteiger partial charge in [0.1, 0.15) is 0 Å². The van der Waals surface area contributed by atoms with E-state index in [9.17, 15) is 9.59 Å². The summed E-state index contributed by atoms with van der Waals surface area (Å²) in [6.07, 6.45) is 12.3. The molecule has 2 rings (SSSR count). The number of nitrogens with zero attached hydrogens (tertiary/aromatic N) is 2. The molecule has 0 spiro atoms. The van der Waals surface area contributed by atoms with Gasteiger partial charge in [-0.1, -0.05) is 52.4 Å². The summed E-state index contributed by atoms with van der Waals surface area (Å²) in [5, 5.41) is 14.7. The molecule has 148 valence electrons. The van der Waals surface area contributed by atoms with E-state index in [1.54, 1.807) is 31.5 Å². The number of rotatable bonds is 6. The van der Waals surface area contributed by atoms with Crippen molar-refractivity contribution < 1.29 is 14.8 Å². The highest BCUT2D eigenvalue weighted by Gasteiger charge is 2.09. The number of pyridine rings is 1. The van der Waals surface area contributed by atoms with E-state index in [-0.39, 0.29) is 25.0 Å². The zero-order valence-electron chi connectivity index (χ0n) is 16.3. The van der Waals surface area contributed by atoms with E-state index in [4.69, 9.17) is 5.21 Å². The summed E-state index contributed by atoms with van der Waals surface area (Å²) >= 11 is 0. The predicted octanol–water partition coefficient (Wildman–Crippen LogP) is 3.48. The van der Waals surface area contributed by atoms with Crippen molar-refractivity contribution in [3.63, 3.8) is 0 Å². The van der Waals surface area contributed by atoms with Crippen LogP contribution in [0.3, 0.4) is 0 Å². The van der Waals surface area contributed by atoms with Crippen LogP contribution in [0.15, 0.2) is 24.5 Å². The summed E-state index contributed by atoms with van der Waals surface area (Å²) in [6.45, 7) is 6.35. The van der Waals surface area contributed by atoms with Gasteiger partial charge in [0.05, 0.1) is 6.54 Å². The summed E-state index contributed by atoms with van der Waals surface area (Å²) in [5.41, 5.74) is 0.935. The van der Waals surface area contributed by atoms with Gasteiger partial charge in [0.15, 0.2) is 0 Å². The number of carbonyl (C=O) groups is 2. The number of aromatic nitrogens is 1. The van der Waals surface area contributed by atoms with E-state index in [0.29, 0.717) is 11.6 Å². The average Bonchev–Trinajstić information content (AvgIpc) is 3.21. The van der Waals surface area contributed by atoms with Gasteiger partial charge in [-0.25, -0.2) is 9.86 Å². The van der Waals surface area contributed by atoms with Crippen molar-refractivity contribution in [3.8, 4) is 0 Å². The van der Waals surface area contributed by atoms with Crippen LogP contribution in [-0.4, -0.2) is 40.3 Å². The van der Waals surface area contributed by atoms with E-state index in [2.05, 4.69) is 29.5 Å². The Labute approximate surface area is 157 Å². The standard InChI is InChI=1S/C11H16N4O3.C5H10.C3H8/c1-9(7-15(18)8-16)14-11(17)13-6-10-2-4-12-5-3-10;1-2-4-5-3-1;1-3-2/h2-5,8-9,18H,6-7H2,1H3,(H2,13,14,17);1-5H2;3H2,1-2H3. The van der Waals surface area contributed by atoms with Crippen molar-refractivity contribution in [2.45, 2.75) is 71.9 Å². The molecule has 0 saturated heterocycles. The Morgan fingerprint density at radius 2 is 1.73 bits per heavy atom. The number of carbonyl (C=O) groups excluding carboxylic acids is 2. The second kappa shape index (κ2) is 16.3.